The number of carbonyl (C=O) groups excluding carboxylic acids is 1. The van der Waals surface area contributed by atoms with Crippen LogP contribution in [-0.2, 0) is 4.79 Å². The van der Waals surface area contributed by atoms with Gasteiger partial charge in [0, 0.05) is 12.6 Å². The molecule has 0 aromatic rings. The van der Waals surface area contributed by atoms with Gasteiger partial charge in [-0.15, -0.1) is 0 Å². The molecule has 0 N–H and O–H groups in total. The molecule has 0 aromatic carbocycles. The van der Waals surface area contributed by atoms with Crippen LogP contribution in [0.5, 0.6) is 0 Å². The van der Waals surface area contributed by atoms with Gasteiger partial charge < -0.3 is 4.90 Å². The minimum Gasteiger partial charge on any atom is -0.338 e. The van der Waals surface area contributed by atoms with Crippen molar-refractivity contribution in [2.24, 2.45) is 11.8 Å². The highest BCUT2D eigenvalue weighted by molar-refractivity contribution is 5.81. The highest BCUT2D eigenvalue weighted by atomic mass is 16.2. The minimum absolute atomic E-state index is 0.0434. The lowest BCUT2D eigenvalue weighted by Crippen LogP contribution is -2.52. The van der Waals surface area contributed by atoms with Crippen molar-refractivity contribution in [2.45, 2.75) is 38.6 Å². The van der Waals surface area contributed by atoms with E-state index in [-0.39, 0.29) is 5.91 Å². The Labute approximate surface area is 84.7 Å². The van der Waals surface area contributed by atoms with Crippen molar-refractivity contribution in [3.8, 4) is 6.07 Å². The van der Waals surface area contributed by atoms with Crippen LogP contribution in [0.15, 0.2) is 0 Å². The summed E-state index contributed by atoms with van der Waals surface area (Å²) < 4.78 is 0. The van der Waals surface area contributed by atoms with Gasteiger partial charge in [0.15, 0.2) is 0 Å². The van der Waals surface area contributed by atoms with Crippen LogP contribution in [0.4, 0.5) is 0 Å². The van der Waals surface area contributed by atoms with Gasteiger partial charge in [0.05, 0.1) is 6.07 Å². The van der Waals surface area contributed by atoms with E-state index >= 15 is 0 Å². The molecule has 2 heterocycles. The zero-order valence-electron chi connectivity index (χ0n) is 8.57. The Kier molecular flexibility index (Phi) is 2.45. The molecule has 2 saturated heterocycles. The molecule has 0 aromatic heterocycles. The predicted molar refractivity (Wildman–Crippen MR) is 52.2 cm³/mol. The van der Waals surface area contributed by atoms with E-state index in [4.69, 9.17) is 5.26 Å². The number of amides is 1. The molecule has 0 radical (unpaired) electrons. The Balaban J connectivity index is 2.05. The van der Waals surface area contributed by atoms with Crippen LogP contribution in [0, 0.1) is 23.2 Å². The molecule has 1 saturated carbocycles. The van der Waals surface area contributed by atoms with Crippen LogP contribution in [0.2, 0.25) is 0 Å². The number of nitriles is 1. The lowest BCUT2D eigenvalue weighted by atomic mass is 9.79. The molecule has 3 heteroatoms. The van der Waals surface area contributed by atoms with Crippen LogP contribution < -0.4 is 0 Å². The maximum atomic E-state index is 11.8. The second-order valence-corrected chi connectivity index (χ2v) is 4.52. The van der Waals surface area contributed by atoms with Crippen molar-refractivity contribution in [2.75, 3.05) is 6.54 Å². The summed E-state index contributed by atoms with van der Waals surface area (Å²) in [5.41, 5.74) is 0. The zero-order chi connectivity index (χ0) is 10.1. The molecule has 3 rings (SSSR count). The molecular weight excluding hydrogens is 176 g/mol. The van der Waals surface area contributed by atoms with Crippen LogP contribution in [0.1, 0.15) is 32.6 Å². The summed E-state index contributed by atoms with van der Waals surface area (Å²) >= 11 is 0. The molecule has 1 unspecified atom stereocenters. The van der Waals surface area contributed by atoms with Crippen molar-refractivity contribution in [1.82, 2.24) is 4.90 Å². The third kappa shape index (κ3) is 1.50. The van der Waals surface area contributed by atoms with E-state index < -0.39 is 5.92 Å². The van der Waals surface area contributed by atoms with Gasteiger partial charge in [-0.05, 0) is 38.5 Å². The second kappa shape index (κ2) is 3.61. The number of piperidine rings is 2. The SMILES string of the molecule is CC(C#N)C(=O)N1CC2CCC1CC2. The highest BCUT2D eigenvalue weighted by Crippen LogP contribution is 2.35. The molecule has 2 aliphatic heterocycles. The summed E-state index contributed by atoms with van der Waals surface area (Å²) in [7, 11) is 0. The molecule has 3 fully saturated rings. The Morgan fingerprint density at radius 3 is 2.50 bits per heavy atom. The molecule has 14 heavy (non-hydrogen) atoms. The van der Waals surface area contributed by atoms with Crippen molar-refractivity contribution < 1.29 is 4.79 Å². The van der Waals surface area contributed by atoms with E-state index in [9.17, 15) is 4.79 Å². The summed E-state index contributed by atoms with van der Waals surface area (Å²) in [5, 5.41) is 8.71. The van der Waals surface area contributed by atoms with Gasteiger partial charge >= 0.3 is 0 Å². The van der Waals surface area contributed by atoms with Crippen LogP contribution in [0.3, 0.4) is 0 Å². The summed E-state index contributed by atoms with van der Waals surface area (Å²) in [5.74, 6) is 0.283. The fraction of sp³-hybridized carbons (Fsp3) is 0.818. The molecule has 3 aliphatic rings. The fourth-order valence-electron chi connectivity index (χ4n) is 2.64. The Bertz CT molecular complexity index is 274. The third-order valence-corrected chi connectivity index (χ3v) is 3.56. The average molecular weight is 192 g/mol. The Hall–Kier alpha value is -1.04. The van der Waals surface area contributed by atoms with Crippen molar-refractivity contribution >= 4 is 5.91 Å². The standard InChI is InChI=1S/C11H16N2O/c1-8(6-12)11(14)13-7-9-2-4-10(13)5-3-9/h8-10H,2-5,7H2,1H3. The fourth-order valence-corrected chi connectivity index (χ4v) is 2.64. The topological polar surface area (TPSA) is 44.1 Å². The average Bonchev–Trinajstić information content (AvgIpc) is 2.28. The minimum atomic E-state index is -0.464. The molecule has 3 nitrogen and oxygen atoms in total. The van der Waals surface area contributed by atoms with Crippen LogP contribution in [0.25, 0.3) is 0 Å². The third-order valence-electron chi connectivity index (χ3n) is 3.56. The maximum Gasteiger partial charge on any atom is 0.239 e. The van der Waals surface area contributed by atoms with Gasteiger partial charge in [0.1, 0.15) is 5.92 Å². The Morgan fingerprint density at radius 1 is 1.43 bits per heavy atom. The number of fused-ring (bicyclic) bond motifs is 3. The first-order valence-corrected chi connectivity index (χ1v) is 5.42. The number of hydrogen-bond acceptors (Lipinski definition) is 2. The zero-order valence-corrected chi connectivity index (χ0v) is 8.57. The van der Waals surface area contributed by atoms with Gasteiger partial charge in [-0.1, -0.05) is 0 Å². The van der Waals surface area contributed by atoms with Crippen molar-refractivity contribution in [1.29, 1.82) is 5.26 Å². The van der Waals surface area contributed by atoms with E-state index in [0.717, 1.165) is 19.4 Å². The summed E-state index contributed by atoms with van der Waals surface area (Å²) in [6.45, 7) is 2.60. The van der Waals surface area contributed by atoms with Gasteiger partial charge in [-0.25, -0.2) is 0 Å². The smallest absolute Gasteiger partial charge is 0.239 e. The molecule has 1 aliphatic carbocycles. The van der Waals surface area contributed by atoms with Gasteiger partial charge in [-0.2, -0.15) is 5.26 Å². The molecular formula is C11H16N2O. The van der Waals surface area contributed by atoms with E-state index in [1.165, 1.54) is 12.8 Å². The first kappa shape index (κ1) is 9.51. The summed E-state index contributed by atoms with van der Waals surface area (Å²) in [6.07, 6.45) is 4.84. The molecule has 2 bridgehead atoms. The maximum absolute atomic E-state index is 11.8. The normalized spacial score (nSPS) is 32.4. The van der Waals surface area contributed by atoms with Crippen molar-refractivity contribution in [3.63, 3.8) is 0 Å². The van der Waals surface area contributed by atoms with E-state index in [1.807, 2.05) is 11.0 Å². The predicted octanol–water partition coefficient (Wildman–Crippen LogP) is 1.55. The first-order valence-electron chi connectivity index (χ1n) is 5.42. The number of nitrogens with zero attached hydrogens (tertiary/aromatic N) is 2. The van der Waals surface area contributed by atoms with E-state index in [0.29, 0.717) is 12.0 Å². The lowest BCUT2D eigenvalue weighted by Gasteiger charge is -2.45. The number of rotatable bonds is 1. The van der Waals surface area contributed by atoms with Gasteiger partial charge in [0.2, 0.25) is 5.91 Å². The number of hydrogen-bond donors (Lipinski definition) is 0. The summed E-state index contributed by atoms with van der Waals surface area (Å²) in [4.78, 5) is 13.8. The lowest BCUT2D eigenvalue weighted by molar-refractivity contribution is -0.140. The van der Waals surface area contributed by atoms with Crippen molar-refractivity contribution in [3.05, 3.63) is 0 Å². The second-order valence-electron chi connectivity index (χ2n) is 4.52. The van der Waals surface area contributed by atoms with E-state index in [2.05, 4.69) is 0 Å². The molecule has 1 atom stereocenters. The number of carbonyl (C=O) groups is 1. The van der Waals surface area contributed by atoms with E-state index in [1.54, 1.807) is 6.92 Å². The first-order chi connectivity index (χ1) is 6.72. The monoisotopic (exact) mass is 192 g/mol. The largest absolute Gasteiger partial charge is 0.338 e. The molecule has 0 spiro atoms. The quantitative estimate of drug-likeness (QED) is 0.632. The molecule has 76 valence electrons. The van der Waals surface area contributed by atoms with Crippen LogP contribution >= 0.6 is 0 Å². The highest BCUT2D eigenvalue weighted by Gasteiger charge is 2.37. The van der Waals surface area contributed by atoms with Crippen LogP contribution in [-0.4, -0.2) is 23.4 Å². The molecule has 1 amide bonds. The van der Waals surface area contributed by atoms with Gasteiger partial charge in [0.25, 0.3) is 0 Å². The van der Waals surface area contributed by atoms with Gasteiger partial charge in [-0.3, -0.25) is 4.79 Å². The Morgan fingerprint density at radius 2 is 2.07 bits per heavy atom. The summed E-state index contributed by atoms with van der Waals surface area (Å²) in [6, 6.07) is 2.46.